The second-order valence-corrected chi connectivity index (χ2v) is 5.79. The average molecular weight is 265 g/mol. The predicted octanol–water partition coefficient (Wildman–Crippen LogP) is 3.60. The molecule has 90 valence electrons. The molecule has 2 aromatic heterocycles. The Bertz CT molecular complexity index is 495. The Kier molecular flexibility index (Phi) is 4.02. The van der Waals surface area contributed by atoms with Crippen molar-refractivity contribution in [2.45, 2.75) is 29.5 Å². The van der Waals surface area contributed by atoms with E-state index in [4.69, 9.17) is 0 Å². The summed E-state index contributed by atoms with van der Waals surface area (Å²) < 4.78 is 1.26. The highest BCUT2D eigenvalue weighted by molar-refractivity contribution is 8.01. The monoisotopic (exact) mass is 265 g/mol. The van der Waals surface area contributed by atoms with Gasteiger partial charge in [0.05, 0.1) is 4.21 Å². The maximum absolute atomic E-state index is 4.59. The summed E-state index contributed by atoms with van der Waals surface area (Å²) in [5, 5.41) is 6.26. The fraction of sp³-hybridized carbons (Fsp3) is 0.333. The Labute approximate surface area is 110 Å². The van der Waals surface area contributed by atoms with Crippen molar-refractivity contribution in [2.75, 3.05) is 12.4 Å². The van der Waals surface area contributed by atoms with Gasteiger partial charge in [-0.25, -0.2) is 9.97 Å². The maximum Gasteiger partial charge on any atom is 0.133 e. The molecule has 0 spiro atoms. The number of hydrogen-bond donors (Lipinski definition) is 1. The van der Waals surface area contributed by atoms with E-state index in [-0.39, 0.29) is 0 Å². The van der Waals surface area contributed by atoms with E-state index in [0.717, 1.165) is 28.7 Å². The summed E-state index contributed by atoms with van der Waals surface area (Å²) in [6.07, 6.45) is 0.854. The molecule has 0 saturated carbocycles. The van der Waals surface area contributed by atoms with Gasteiger partial charge in [0.15, 0.2) is 0 Å². The number of nitrogens with one attached hydrogen (secondary N) is 1. The van der Waals surface area contributed by atoms with E-state index >= 15 is 0 Å². The number of nitrogens with zero attached hydrogens (tertiary/aromatic N) is 2. The Hall–Kier alpha value is -1.07. The summed E-state index contributed by atoms with van der Waals surface area (Å²) in [7, 11) is 1.90. The Morgan fingerprint density at radius 2 is 2.24 bits per heavy atom. The molecule has 0 atom stereocenters. The molecule has 2 rings (SSSR count). The SMILES string of the molecule is CCc1nc(NC)c(C)c(Sc2cccs2)n1. The third-order valence-electron chi connectivity index (χ3n) is 2.39. The van der Waals surface area contributed by atoms with Crippen molar-refractivity contribution in [2.24, 2.45) is 0 Å². The molecule has 0 fully saturated rings. The normalized spacial score (nSPS) is 10.5. The molecule has 2 heterocycles. The lowest BCUT2D eigenvalue weighted by molar-refractivity contribution is 0.875. The predicted molar refractivity (Wildman–Crippen MR) is 74.1 cm³/mol. The molecule has 0 aliphatic rings. The van der Waals surface area contributed by atoms with E-state index < -0.39 is 0 Å². The van der Waals surface area contributed by atoms with Crippen molar-refractivity contribution in [3.63, 3.8) is 0 Å². The van der Waals surface area contributed by atoms with E-state index in [1.807, 2.05) is 7.05 Å². The Morgan fingerprint density at radius 3 is 2.82 bits per heavy atom. The zero-order valence-corrected chi connectivity index (χ0v) is 11.8. The van der Waals surface area contributed by atoms with Gasteiger partial charge in [0.25, 0.3) is 0 Å². The molecule has 17 heavy (non-hydrogen) atoms. The van der Waals surface area contributed by atoms with Crippen molar-refractivity contribution in [1.82, 2.24) is 9.97 Å². The van der Waals surface area contributed by atoms with Crippen molar-refractivity contribution in [1.29, 1.82) is 0 Å². The maximum atomic E-state index is 4.59. The zero-order valence-electron chi connectivity index (χ0n) is 10.2. The van der Waals surface area contributed by atoms with E-state index in [0.29, 0.717) is 0 Å². The summed E-state index contributed by atoms with van der Waals surface area (Å²) in [5.41, 5.74) is 1.11. The molecule has 1 N–H and O–H groups in total. The van der Waals surface area contributed by atoms with Crippen LogP contribution in [0.5, 0.6) is 0 Å². The summed E-state index contributed by atoms with van der Waals surface area (Å²) in [5.74, 6) is 1.81. The summed E-state index contributed by atoms with van der Waals surface area (Å²) >= 11 is 3.44. The highest BCUT2D eigenvalue weighted by atomic mass is 32.2. The van der Waals surface area contributed by atoms with Gasteiger partial charge >= 0.3 is 0 Å². The van der Waals surface area contributed by atoms with Crippen LogP contribution in [-0.4, -0.2) is 17.0 Å². The first-order valence-corrected chi connectivity index (χ1v) is 7.20. The van der Waals surface area contributed by atoms with Crippen LogP contribution in [0.2, 0.25) is 0 Å². The second kappa shape index (κ2) is 5.51. The molecule has 2 aromatic rings. The standard InChI is InChI=1S/C12H15N3S2/c1-4-9-14-11(13-3)8(2)12(15-9)17-10-6-5-7-16-10/h5-7H,4H2,1-3H3,(H,13,14,15). The number of thiophene rings is 1. The average Bonchev–Trinajstić information content (AvgIpc) is 2.84. The van der Waals surface area contributed by atoms with E-state index in [1.165, 1.54) is 4.21 Å². The minimum absolute atomic E-state index is 0.854. The highest BCUT2D eigenvalue weighted by Crippen LogP contribution is 2.33. The summed E-state index contributed by atoms with van der Waals surface area (Å²) in [6.45, 7) is 4.13. The van der Waals surface area contributed by atoms with E-state index in [2.05, 4.69) is 46.6 Å². The van der Waals surface area contributed by atoms with Gasteiger partial charge in [0.1, 0.15) is 16.7 Å². The smallest absolute Gasteiger partial charge is 0.133 e. The van der Waals surface area contributed by atoms with Gasteiger partial charge in [-0.3, -0.25) is 0 Å². The van der Waals surface area contributed by atoms with E-state index in [1.54, 1.807) is 23.1 Å². The van der Waals surface area contributed by atoms with Gasteiger partial charge < -0.3 is 5.32 Å². The van der Waals surface area contributed by atoms with Crippen LogP contribution in [-0.2, 0) is 6.42 Å². The minimum Gasteiger partial charge on any atom is -0.373 e. The first-order chi connectivity index (χ1) is 8.24. The number of rotatable bonds is 4. The van der Waals surface area contributed by atoms with E-state index in [9.17, 15) is 0 Å². The van der Waals surface area contributed by atoms with Gasteiger partial charge in [-0.2, -0.15) is 0 Å². The molecule has 0 aliphatic carbocycles. The van der Waals surface area contributed by atoms with Gasteiger partial charge in [-0.05, 0) is 18.4 Å². The molecule has 0 amide bonds. The molecule has 0 saturated heterocycles. The quantitative estimate of drug-likeness (QED) is 0.857. The Morgan fingerprint density at radius 1 is 1.41 bits per heavy atom. The van der Waals surface area contributed by atoms with Crippen LogP contribution in [0, 0.1) is 6.92 Å². The molecule has 5 heteroatoms. The van der Waals surface area contributed by atoms with Crippen molar-refractivity contribution < 1.29 is 0 Å². The molecular weight excluding hydrogens is 250 g/mol. The van der Waals surface area contributed by atoms with Gasteiger partial charge in [0, 0.05) is 19.0 Å². The van der Waals surface area contributed by atoms with Gasteiger partial charge in [-0.15, -0.1) is 11.3 Å². The summed E-state index contributed by atoms with van der Waals surface area (Å²) in [6, 6.07) is 4.17. The van der Waals surface area contributed by atoms with Crippen LogP contribution < -0.4 is 5.32 Å². The number of aryl methyl sites for hydroxylation is 1. The highest BCUT2D eigenvalue weighted by Gasteiger charge is 2.10. The van der Waals surface area contributed by atoms with Gasteiger partial charge in [0.2, 0.25) is 0 Å². The van der Waals surface area contributed by atoms with Crippen molar-refractivity contribution in [3.05, 3.63) is 28.9 Å². The van der Waals surface area contributed by atoms with Crippen LogP contribution in [0.3, 0.4) is 0 Å². The van der Waals surface area contributed by atoms with Crippen LogP contribution in [0.15, 0.2) is 26.7 Å². The summed E-state index contributed by atoms with van der Waals surface area (Å²) in [4.78, 5) is 9.06. The third kappa shape index (κ3) is 2.79. The van der Waals surface area contributed by atoms with Crippen LogP contribution in [0.25, 0.3) is 0 Å². The minimum atomic E-state index is 0.854. The fourth-order valence-electron chi connectivity index (χ4n) is 1.46. The van der Waals surface area contributed by atoms with Crippen molar-refractivity contribution >= 4 is 28.9 Å². The Balaban J connectivity index is 2.38. The van der Waals surface area contributed by atoms with Crippen LogP contribution in [0.1, 0.15) is 18.3 Å². The second-order valence-electron chi connectivity index (χ2n) is 3.56. The first kappa shape index (κ1) is 12.4. The number of anilines is 1. The lowest BCUT2D eigenvalue weighted by Gasteiger charge is -2.10. The number of hydrogen-bond acceptors (Lipinski definition) is 5. The van der Waals surface area contributed by atoms with Crippen LogP contribution in [0.4, 0.5) is 5.82 Å². The first-order valence-electron chi connectivity index (χ1n) is 5.51. The number of aromatic nitrogens is 2. The lowest BCUT2D eigenvalue weighted by atomic mass is 10.3. The third-order valence-corrected chi connectivity index (χ3v) is 4.52. The molecular formula is C12H15N3S2. The molecule has 0 radical (unpaired) electrons. The van der Waals surface area contributed by atoms with Crippen molar-refractivity contribution in [3.8, 4) is 0 Å². The molecule has 0 aliphatic heterocycles. The fourth-order valence-corrected chi connectivity index (χ4v) is 3.24. The lowest BCUT2D eigenvalue weighted by Crippen LogP contribution is -2.03. The van der Waals surface area contributed by atoms with Gasteiger partial charge in [-0.1, -0.05) is 24.8 Å². The molecule has 3 nitrogen and oxygen atoms in total. The molecule has 0 aromatic carbocycles. The largest absolute Gasteiger partial charge is 0.373 e. The zero-order chi connectivity index (χ0) is 12.3. The molecule has 0 bridgehead atoms. The molecule has 0 unspecified atom stereocenters. The topological polar surface area (TPSA) is 37.8 Å². The van der Waals surface area contributed by atoms with Crippen LogP contribution >= 0.6 is 23.1 Å².